The summed E-state index contributed by atoms with van der Waals surface area (Å²) in [5, 5.41) is 9.32. The minimum atomic E-state index is -0.748. The number of amides is 4. The number of nitrogens with zero attached hydrogens (tertiary/aromatic N) is 4. The first-order valence-corrected chi connectivity index (χ1v) is 11.7. The number of hydrazone groups is 1. The highest BCUT2D eigenvalue weighted by Gasteiger charge is 2.54. The Bertz CT molecular complexity index is 1230. The van der Waals surface area contributed by atoms with E-state index < -0.39 is 18.0 Å². The largest absolute Gasteiger partial charge is 0.501 e. The molecule has 10 heteroatoms. The van der Waals surface area contributed by atoms with Crippen LogP contribution in [0.2, 0.25) is 5.02 Å². The summed E-state index contributed by atoms with van der Waals surface area (Å²) in [6.45, 7) is 4.02. The van der Waals surface area contributed by atoms with Crippen LogP contribution in [-0.4, -0.2) is 76.5 Å². The number of methoxy groups -OCH3 is 1. The second kappa shape index (κ2) is 10.3. The second-order valence-electron chi connectivity index (χ2n) is 8.22. The van der Waals surface area contributed by atoms with Crippen molar-refractivity contribution in [2.24, 2.45) is 5.10 Å². The number of carbonyl (C=O) groups is 3. The maximum atomic E-state index is 13.5. The van der Waals surface area contributed by atoms with E-state index in [-0.39, 0.29) is 19.0 Å². The number of hydrogen-bond acceptors (Lipinski definition) is 6. The molecule has 0 saturated carbocycles. The number of likely N-dealkylation sites (N-methyl/N-ethyl adjacent to an activating group) is 1. The van der Waals surface area contributed by atoms with E-state index in [0.29, 0.717) is 40.8 Å². The Hall–Kier alpha value is -3.72. The topological polar surface area (TPSA) is 94.3 Å². The van der Waals surface area contributed by atoms with Gasteiger partial charge in [0, 0.05) is 18.0 Å². The Balaban J connectivity index is 1.63. The lowest BCUT2D eigenvalue weighted by Crippen LogP contribution is -2.61. The molecule has 0 radical (unpaired) electrons. The average Bonchev–Trinajstić information content (AvgIpc) is 3.19. The van der Waals surface area contributed by atoms with Crippen LogP contribution in [0.25, 0.3) is 0 Å². The van der Waals surface area contributed by atoms with Crippen molar-refractivity contribution in [1.29, 1.82) is 0 Å². The third kappa shape index (κ3) is 4.90. The van der Waals surface area contributed by atoms with Gasteiger partial charge in [-0.05, 0) is 37.6 Å². The van der Waals surface area contributed by atoms with Gasteiger partial charge < -0.3 is 10.1 Å². The van der Waals surface area contributed by atoms with E-state index in [1.54, 1.807) is 30.1 Å². The normalized spacial score (nSPS) is 17.5. The molecule has 1 unspecified atom stereocenters. The van der Waals surface area contributed by atoms with Crippen LogP contribution in [0.5, 0.6) is 5.75 Å². The van der Waals surface area contributed by atoms with E-state index >= 15 is 0 Å². The van der Waals surface area contributed by atoms with Crippen molar-refractivity contribution in [3.63, 3.8) is 0 Å². The Morgan fingerprint density at radius 1 is 1.20 bits per heavy atom. The predicted octanol–water partition coefficient (Wildman–Crippen LogP) is 3.03. The first-order valence-electron chi connectivity index (χ1n) is 11.3. The Kier molecular flexibility index (Phi) is 7.16. The van der Waals surface area contributed by atoms with Gasteiger partial charge >= 0.3 is 11.9 Å². The SMILES string of the molecule is CCN1N=C(C)C2=[N+](CC(=O)Nc3cc(Cl)ccc3OC)C(=O)N(CCc3ccccc3)C(=O)C21. The molecule has 1 atom stereocenters. The summed E-state index contributed by atoms with van der Waals surface area (Å²) < 4.78 is 6.64. The standard InChI is InChI=1S/C25H26ClN5O4/c1-4-31-23-22(16(2)28-31)30(15-21(32)27-19-14-18(26)10-11-20(19)35-3)25(34)29(24(23)33)13-12-17-8-6-5-7-9-17/h5-11,14,23H,4,12-13,15H2,1-3H3/p+1. The molecular formula is C25H27ClN5O4+. The number of benzene rings is 2. The van der Waals surface area contributed by atoms with Crippen LogP contribution in [0.1, 0.15) is 19.4 Å². The number of halogens is 1. The maximum absolute atomic E-state index is 13.5. The van der Waals surface area contributed by atoms with Gasteiger partial charge in [0.25, 0.3) is 5.91 Å². The molecular weight excluding hydrogens is 470 g/mol. The fraction of sp³-hybridized carbons (Fsp3) is 0.320. The number of imide groups is 1. The van der Waals surface area contributed by atoms with E-state index in [9.17, 15) is 14.4 Å². The molecule has 1 N–H and O–H groups in total. The summed E-state index contributed by atoms with van der Waals surface area (Å²) in [6, 6.07) is 13.2. The molecule has 35 heavy (non-hydrogen) atoms. The summed E-state index contributed by atoms with van der Waals surface area (Å²) in [4.78, 5) is 41.2. The summed E-state index contributed by atoms with van der Waals surface area (Å²) in [5.41, 5.74) is 2.37. The molecule has 0 spiro atoms. The number of fused-ring (bicyclic) bond motifs is 1. The van der Waals surface area contributed by atoms with Crippen molar-refractivity contribution >= 4 is 46.6 Å². The van der Waals surface area contributed by atoms with Crippen LogP contribution in [0.4, 0.5) is 10.5 Å². The zero-order valence-electron chi connectivity index (χ0n) is 19.8. The van der Waals surface area contributed by atoms with Gasteiger partial charge in [0.2, 0.25) is 6.04 Å². The van der Waals surface area contributed by atoms with E-state index in [1.807, 2.05) is 37.3 Å². The van der Waals surface area contributed by atoms with Crippen LogP contribution in [-0.2, 0) is 16.0 Å². The molecule has 2 aliphatic rings. The molecule has 4 rings (SSSR count). The van der Waals surface area contributed by atoms with E-state index in [0.717, 1.165) is 5.56 Å². The van der Waals surface area contributed by atoms with Crippen molar-refractivity contribution < 1.29 is 23.7 Å². The van der Waals surface area contributed by atoms with Crippen LogP contribution in [0.3, 0.4) is 0 Å². The molecule has 2 aromatic rings. The van der Waals surface area contributed by atoms with Gasteiger partial charge in [0.1, 0.15) is 18.0 Å². The molecule has 2 aromatic carbocycles. The fourth-order valence-electron chi connectivity index (χ4n) is 4.33. The van der Waals surface area contributed by atoms with Crippen LogP contribution in [0.15, 0.2) is 53.6 Å². The van der Waals surface area contributed by atoms with Crippen molar-refractivity contribution in [2.75, 3.05) is 32.1 Å². The highest BCUT2D eigenvalue weighted by molar-refractivity contribution is 6.48. The molecule has 0 fully saturated rings. The van der Waals surface area contributed by atoms with Gasteiger partial charge in [0.05, 0.1) is 12.8 Å². The number of urea groups is 1. The zero-order chi connectivity index (χ0) is 25.1. The lowest BCUT2D eigenvalue weighted by Gasteiger charge is -2.28. The quantitative estimate of drug-likeness (QED) is 0.567. The molecule has 182 valence electrons. The summed E-state index contributed by atoms with van der Waals surface area (Å²) in [7, 11) is 1.49. The van der Waals surface area contributed by atoms with Crippen LogP contribution < -0.4 is 10.1 Å². The third-order valence-corrected chi connectivity index (χ3v) is 6.22. The lowest BCUT2D eigenvalue weighted by molar-refractivity contribution is -0.426. The minimum Gasteiger partial charge on any atom is -0.495 e. The molecule has 0 aromatic heterocycles. The number of rotatable bonds is 8. The smallest absolute Gasteiger partial charge is 0.495 e. The second-order valence-corrected chi connectivity index (χ2v) is 8.65. The highest BCUT2D eigenvalue weighted by Crippen LogP contribution is 2.28. The van der Waals surface area contributed by atoms with E-state index in [2.05, 4.69) is 10.4 Å². The van der Waals surface area contributed by atoms with Gasteiger partial charge in [-0.1, -0.05) is 41.9 Å². The van der Waals surface area contributed by atoms with Crippen molar-refractivity contribution in [3.8, 4) is 5.75 Å². The average molecular weight is 497 g/mol. The van der Waals surface area contributed by atoms with Gasteiger partial charge in [-0.25, -0.2) is 4.79 Å². The summed E-state index contributed by atoms with van der Waals surface area (Å²) in [5.74, 6) is -0.351. The molecule has 9 nitrogen and oxygen atoms in total. The molecule has 0 saturated heterocycles. The van der Waals surface area contributed by atoms with Crippen LogP contribution in [0, 0.1) is 0 Å². The molecule has 2 aliphatic heterocycles. The monoisotopic (exact) mass is 496 g/mol. The molecule has 0 aliphatic carbocycles. The van der Waals surface area contributed by atoms with Crippen LogP contribution >= 0.6 is 11.6 Å². The minimum absolute atomic E-state index is 0.197. The number of ether oxygens (including phenoxy) is 1. The van der Waals surface area contributed by atoms with Gasteiger partial charge in [-0.3, -0.25) is 9.80 Å². The maximum Gasteiger partial charge on any atom is 0.501 e. The van der Waals surface area contributed by atoms with Gasteiger partial charge in [0.15, 0.2) is 12.3 Å². The molecule has 0 bridgehead atoms. The summed E-state index contributed by atoms with van der Waals surface area (Å²) in [6.07, 6.45) is 0.506. The predicted molar refractivity (Wildman–Crippen MR) is 133 cm³/mol. The molecule has 2 heterocycles. The Morgan fingerprint density at radius 2 is 1.94 bits per heavy atom. The Morgan fingerprint density at radius 3 is 2.63 bits per heavy atom. The Labute approximate surface area is 208 Å². The zero-order valence-corrected chi connectivity index (χ0v) is 20.6. The highest BCUT2D eigenvalue weighted by atomic mass is 35.5. The lowest BCUT2D eigenvalue weighted by atomic mass is 10.0. The van der Waals surface area contributed by atoms with E-state index in [1.165, 1.54) is 16.6 Å². The van der Waals surface area contributed by atoms with Crippen molar-refractivity contribution in [2.45, 2.75) is 26.3 Å². The number of nitrogens with one attached hydrogen (secondary N) is 1. The first kappa shape index (κ1) is 24.4. The number of anilines is 1. The van der Waals surface area contributed by atoms with Crippen molar-refractivity contribution in [3.05, 3.63) is 59.1 Å². The molecule has 4 amide bonds. The summed E-state index contributed by atoms with van der Waals surface area (Å²) >= 11 is 6.08. The number of hydrogen-bond donors (Lipinski definition) is 1. The third-order valence-electron chi connectivity index (χ3n) is 5.99. The first-order chi connectivity index (χ1) is 16.8. The van der Waals surface area contributed by atoms with Crippen molar-refractivity contribution in [1.82, 2.24) is 9.91 Å². The van der Waals surface area contributed by atoms with Gasteiger partial charge in [-0.2, -0.15) is 19.4 Å². The number of carbonyl (C=O) groups excluding carboxylic acids is 3. The van der Waals surface area contributed by atoms with Gasteiger partial charge in [-0.15, -0.1) is 0 Å². The van der Waals surface area contributed by atoms with E-state index in [4.69, 9.17) is 16.3 Å². The fourth-order valence-corrected chi connectivity index (χ4v) is 4.50.